The van der Waals surface area contributed by atoms with Gasteiger partial charge >= 0.3 is 0 Å². The summed E-state index contributed by atoms with van der Waals surface area (Å²) >= 11 is 1.55. The van der Waals surface area contributed by atoms with E-state index in [-0.39, 0.29) is 28.6 Å². The van der Waals surface area contributed by atoms with Crippen molar-refractivity contribution in [2.24, 2.45) is 4.99 Å². The van der Waals surface area contributed by atoms with Gasteiger partial charge in [0.05, 0.1) is 5.92 Å². The molecule has 0 aromatic heterocycles. The molecular formula is C20H21BrF2N2OS. The summed E-state index contributed by atoms with van der Waals surface area (Å²) in [6, 6.07) is 12.4. The zero-order valence-corrected chi connectivity index (χ0v) is 17.2. The number of halogens is 3. The molecule has 0 spiro atoms. The van der Waals surface area contributed by atoms with E-state index in [9.17, 15) is 13.9 Å². The number of fused-ring (bicyclic) bond motifs is 1. The highest BCUT2D eigenvalue weighted by atomic mass is 79.9. The van der Waals surface area contributed by atoms with Gasteiger partial charge in [0.25, 0.3) is 0 Å². The van der Waals surface area contributed by atoms with Crippen molar-refractivity contribution in [3.8, 4) is 0 Å². The lowest BCUT2D eigenvalue weighted by molar-refractivity contribution is -0.0552. The highest BCUT2D eigenvalue weighted by Gasteiger charge is 2.50. The quantitative estimate of drug-likeness (QED) is 0.737. The third-order valence-electron chi connectivity index (χ3n) is 5.02. The van der Waals surface area contributed by atoms with Crippen LogP contribution in [0.4, 0.5) is 8.78 Å². The van der Waals surface area contributed by atoms with Crippen LogP contribution in [0.1, 0.15) is 29.9 Å². The van der Waals surface area contributed by atoms with Crippen molar-refractivity contribution in [2.75, 3.05) is 18.8 Å². The SMILES string of the molecule is Br.OC1(C(c2ccc(F)cc2)c2ccc(F)cc2)CSC2=NCCCCN21. The Bertz CT molecular complexity index is 770. The van der Waals surface area contributed by atoms with Gasteiger partial charge in [-0.05, 0) is 48.2 Å². The van der Waals surface area contributed by atoms with Gasteiger partial charge in [-0.25, -0.2) is 8.78 Å². The summed E-state index contributed by atoms with van der Waals surface area (Å²) in [7, 11) is 0. The first-order valence-corrected chi connectivity index (χ1v) is 9.75. The van der Waals surface area contributed by atoms with Crippen molar-refractivity contribution >= 4 is 33.9 Å². The Labute approximate surface area is 172 Å². The predicted molar refractivity (Wildman–Crippen MR) is 111 cm³/mol. The molecule has 2 aromatic carbocycles. The number of thioether (sulfide) groups is 1. The fraction of sp³-hybridized carbons (Fsp3) is 0.350. The summed E-state index contributed by atoms with van der Waals surface area (Å²) in [5.74, 6) is -0.611. The number of amidine groups is 1. The van der Waals surface area contributed by atoms with Crippen molar-refractivity contribution < 1.29 is 13.9 Å². The average Bonchev–Trinajstić information content (AvgIpc) is 2.82. The second-order valence-corrected chi connectivity index (χ2v) is 7.67. The Morgan fingerprint density at radius 1 is 0.963 bits per heavy atom. The maximum Gasteiger partial charge on any atom is 0.161 e. The largest absolute Gasteiger partial charge is 0.369 e. The monoisotopic (exact) mass is 454 g/mol. The number of hydrogen-bond donors (Lipinski definition) is 1. The molecule has 1 atom stereocenters. The van der Waals surface area contributed by atoms with Crippen LogP contribution in [0.5, 0.6) is 0 Å². The zero-order chi connectivity index (χ0) is 18.1. The van der Waals surface area contributed by atoms with E-state index >= 15 is 0 Å². The molecule has 0 saturated carbocycles. The minimum Gasteiger partial charge on any atom is -0.369 e. The van der Waals surface area contributed by atoms with Crippen molar-refractivity contribution in [1.82, 2.24) is 4.90 Å². The van der Waals surface area contributed by atoms with Gasteiger partial charge in [-0.15, -0.1) is 17.0 Å². The molecule has 1 fully saturated rings. The van der Waals surface area contributed by atoms with Crippen molar-refractivity contribution in [3.05, 3.63) is 71.3 Å². The van der Waals surface area contributed by atoms with E-state index in [0.717, 1.165) is 42.2 Å². The molecule has 7 heteroatoms. The minimum atomic E-state index is -1.19. The molecule has 144 valence electrons. The molecule has 0 amide bonds. The Balaban J connectivity index is 0.00000210. The molecule has 0 bridgehead atoms. The normalized spacial score (nSPS) is 22.1. The van der Waals surface area contributed by atoms with E-state index in [1.165, 1.54) is 24.3 Å². The Morgan fingerprint density at radius 3 is 2.07 bits per heavy atom. The molecule has 4 rings (SSSR count). The lowest BCUT2D eigenvalue weighted by atomic mass is 9.82. The van der Waals surface area contributed by atoms with Gasteiger partial charge < -0.3 is 10.0 Å². The van der Waals surface area contributed by atoms with Crippen LogP contribution in [0.2, 0.25) is 0 Å². The lowest BCUT2D eigenvalue weighted by Crippen LogP contribution is -2.52. The number of aliphatic imine (C=N–C) groups is 1. The first-order valence-electron chi connectivity index (χ1n) is 8.76. The van der Waals surface area contributed by atoms with E-state index in [4.69, 9.17) is 0 Å². The van der Waals surface area contributed by atoms with Gasteiger partial charge in [0.2, 0.25) is 0 Å². The molecular weight excluding hydrogens is 434 g/mol. The van der Waals surface area contributed by atoms with E-state index in [2.05, 4.69) is 4.99 Å². The third kappa shape index (κ3) is 3.91. The zero-order valence-electron chi connectivity index (χ0n) is 14.6. The maximum absolute atomic E-state index is 13.5. The summed E-state index contributed by atoms with van der Waals surface area (Å²) < 4.78 is 26.9. The maximum atomic E-state index is 13.5. The molecule has 1 N–H and O–H groups in total. The van der Waals surface area contributed by atoms with Crippen LogP contribution in [0.3, 0.4) is 0 Å². The third-order valence-corrected chi connectivity index (χ3v) is 6.19. The topological polar surface area (TPSA) is 35.8 Å². The highest BCUT2D eigenvalue weighted by Crippen LogP contribution is 2.45. The minimum absolute atomic E-state index is 0. The molecule has 0 radical (unpaired) electrons. The Hall–Kier alpha value is -1.44. The molecule has 1 unspecified atom stereocenters. The smallest absolute Gasteiger partial charge is 0.161 e. The van der Waals surface area contributed by atoms with Gasteiger partial charge in [0, 0.05) is 18.8 Å². The number of hydrogen-bond acceptors (Lipinski definition) is 4. The van der Waals surface area contributed by atoms with Gasteiger partial charge in [-0.1, -0.05) is 36.0 Å². The van der Waals surface area contributed by atoms with Crippen LogP contribution in [0, 0.1) is 11.6 Å². The van der Waals surface area contributed by atoms with Gasteiger partial charge in [0.15, 0.2) is 10.9 Å². The second-order valence-electron chi connectivity index (χ2n) is 6.73. The molecule has 2 heterocycles. The fourth-order valence-corrected chi connectivity index (χ4v) is 5.00. The predicted octanol–water partition coefficient (Wildman–Crippen LogP) is 4.56. The summed E-state index contributed by atoms with van der Waals surface area (Å²) in [6.07, 6.45) is 1.95. The summed E-state index contributed by atoms with van der Waals surface area (Å²) in [4.78, 5) is 6.58. The second kappa shape index (κ2) is 8.29. The van der Waals surface area contributed by atoms with Gasteiger partial charge in [0.1, 0.15) is 11.6 Å². The first kappa shape index (κ1) is 20.3. The number of nitrogens with zero attached hydrogens (tertiary/aromatic N) is 2. The molecule has 1 saturated heterocycles. The van der Waals surface area contributed by atoms with Gasteiger partial charge in [-0.3, -0.25) is 4.99 Å². The van der Waals surface area contributed by atoms with E-state index < -0.39 is 11.6 Å². The van der Waals surface area contributed by atoms with Crippen molar-refractivity contribution in [3.63, 3.8) is 0 Å². The molecule has 3 nitrogen and oxygen atoms in total. The molecule has 2 aliphatic heterocycles. The number of rotatable bonds is 3. The summed E-state index contributed by atoms with van der Waals surface area (Å²) in [6.45, 7) is 1.49. The number of aliphatic hydroxyl groups is 1. The highest BCUT2D eigenvalue weighted by molar-refractivity contribution is 8.93. The molecule has 27 heavy (non-hydrogen) atoms. The Morgan fingerprint density at radius 2 is 1.52 bits per heavy atom. The summed E-state index contributed by atoms with van der Waals surface area (Å²) in [5, 5.41) is 12.6. The van der Waals surface area contributed by atoms with E-state index in [1.54, 1.807) is 36.0 Å². The molecule has 2 aromatic rings. The van der Waals surface area contributed by atoms with Crippen molar-refractivity contribution in [2.45, 2.75) is 24.5 Å². The van der Waals surface area contributed by atoms with Crippen LogP contribution in [-0.4, -0.2) is 39.7 Å². The summed E-state index contributed by atoms with van der Waals surface area (Å²) in [5.41, 5.74) is 0.405. The van der Waals surface area contributed by atoms with Crippen LogP contribution in [-0.2, 0) is 0 Å². The standard InChI is InChI=1S/C20H20F2N2OS.BrH/c21-16-7-3-14(4-8-16)18(15-5-9-17(22)10-6-15)20(25)13-26-19-23-11-1-2-12-24(19)20;/h3-10,18,25H,1-2,11-13H2;1H. The molecule has 0 aliphatic carbocycles. The van der Waals surface area contributed by atoms with E-state index in [0.29, 0.717) is 5.75 Å². The van der Waals surface area contributed by atoms with Crippen LogP contribution >= 0.6 is 28.7 Å². The number of benzene rings is 2. The fourth-order valence-electron chi connectivity index (χ4n) is 3.74. The Kier molecular flexibility index (Phi) is 6.23. The lowest BCUT2D eigenvalue weighted by Gasteiger charge is -2.40. The van der Waals surface area contributed by atoms with Gasteiger partial charge in [-0.2, -0.15) is 0 Å². The van der Waals surface area contributed by atoms with Crippen LogP contribution in [0.15, 0.2) is 53.5 Å². The van der Waals surface area contributed by atoms with Crippen LogP contribution in [0.25, 0.3) is 0 Å². The average molecular weight is 455 g/mol. The van der Waals surface area contributed by atoms with Crippen LogP contribution < -0.4 is 0 Å². The molecule has 2 aliphatic rings. The van der Waals surface area contributed by atoms with Crippen molar-refractivity contribution in [1.29, 1.82) is 0 Å². The van der Waals surface area contributed by atoms with E-state index in [1.807, 2.05) is 4.90 Å². The first-order chi connectivity index (χ1) is 12.6.